The first-order chi connectivity index (χ1) is 13.7. The van der Waals surface area contributed by atoms with Crippen molar-refractivity contribution in [1.29, 1.82) is 0 Å². The van der Waals surface area contributed by atoms with Crippen LogP contribution in [0.5, 0.6) is 0 Å². The summed E-state index contributed by atoms with van der Waals surface area (Å²) in [5.41, 5.74) is 2.16. The van der Waals surface area contributed by atoms with Crippen LogP contribution in [0.25, 0.3) is 0 Å². The summed E-state index contributed by atoms with van der Waals surface area (Å²) in [6, 6.07) is 27.9. The number of para-hydroxylation sites is 3. The van der Waals surface area contributed by atoms with Gasteiger partial charge >= 0.3 is 6.09 Å². The summed E-state index contributed by atoms with van der Waals surface area (Å²) in [6.07, 6.45) is -0.370. The molecule has 1 aliphatic rings. The van der Waals surface area contributed by atoms with Gasteiger partial charge in [0, 0.05) is 12.1 Å². The Labute approximate surface area is 163 Å². The van der Waals surface area contributed by atoms with Crippen LogP contribution in [0.2, 0.25) is 0 Å². The lowest BCUT2D eigenvalue weighted by Crippen LogP contribution is -2.28. The molecular formula is C23H20N2O3. The van der Waals surface area contributed by atoms with Crippen LogP contribution >= 0.6 is 0 Å². The van der Waals surface area contributed by atoms with Crippen molar-refractivity contribution in [1.82, 2.24) is 0 Å². The molecule has 0 aliphatic heterocycles. The van der Waals surface area contributed by atoms with Crippen molar-refractivity contribution < 1.29 is 14.3 Å². The maximum absolute atomic E-state index is 12.9. The molecule has 0 heterocycles. The molecule has 1 saturated carbocycles. The van der Waals surface area contributed by atoms with Gasteiger partial charge in [-0.05, 0) is 36.4 Å². The van der Waals surface area contributed by atoms with Gasteiger partial charge < -0.3 is 10.1 Å². The number of benzene rings is 3. The monoisotopic (exact) mass is 372 g/mol. The SMILES string of the molecule is O=C(Nc1ccccc1)C1CC1OC(=O)N(c1ccccc1)c1ccccc1. The Bertz CT molecular complexity index is 906. The van der Waals surface area contributed by atoms with Gasteiger partial charge in [0.05, 0.1) is 17.3 Å². The van der Waals surface area contributed by atoms with E-state index in [0.29, 0.717) is 17.8 Å². The first-order valence-corrected chi connectivity index (χ1v) is 9.19. The Morgan fingerprint density at radius 1 is 0.786 bits per heavy atom. The van der Waals surface area contributed by atoms with E-state index < -0.39 is 12.2 Å². The average molecular weight is 372 g/mol. The minimum atomic E-state index is -0.489. The molecule has 4 rings (SSSR count). The molecule has 140 valence electrons. The normalized spacial score (nSPS) is 17.4. The number of hydrogen-bond donors (Lipinski definition) is 1. The van der Waals surface area contributed by atoms with Gasteiger partial charge in [-0.2, -0.15) is 0 Å². The zero-order chi connectivity index (χ0) is 19.3. The molecule has 2 amide bonds. The van der Waals surface area contributed by atoms with Crippen LogP contribution in [0.3, 0.4) is 0 Å². The summed E-state index contributed by atoms with van der Waals surface area (Å²) in [5, 5.41) is 2.86. The smallest absolute Gasteiger partial charge is 0.419 e. The second-order valence-electron chi connectivity index (χ2n) is 6.63. The fourth-order valence-electron chi connectivity index (χ4n) is 3.03. The molecule has 5 heteroatoms. The molecule has 1 aliphatic carbocycles. The lowest BCUT2D eigenvalue weighted by molar-refractivity contribution is -0.117. The van der Waals surface area contributed by atoms with Crippen molar-refractivity contribution in [2.75, 3.05) is 10.2 Å². The number of hydrogen-bond acceptors (Lipinski definition) is 3. The molecule has 0 spiro atoms. The fraction of sp³-hybridized carbons (Fsp3) is 0.130. The predicted octanol–water partition coefficient (Wildman–Crippen LogP) is 4.99. The Morgan fingerprint density at radius 3 is 1.82 bits per heavy atom. The second kappa shape index (κ2) is 7.96. The van der Waals surface area contributed by atoms with Crippen molar-refractivity contribution in [3.05, 3.63) is 91.0 Å². The van der Waals surface area contributed by atoms with Crippen molar-refractivity contribution in [2.24, 2.45) is 5.92 Å². The number of nitrogens with zero attached hydrogens (tertiary/aromatic N) is 1. The maximum atomic E-state index is 12.9. The van der Waals surface area contributed by atoms with Gasteiger partial charge in [0.15, 0.2) is 0 Å². The van der Waals surface area contributed by atoms with E-state index in [1.165, 1.54) is 4.90 Å². The summed E-state index contributed by atoms with van der Waals surface area (Å²) in [4.78, 5) is 26.8. The van der Waals surface area contributed by atoms with Gasteiger partial charge in [0.2, 0.25) is 5.91 Å². The van der Waals surface area contributed by atoms with E-state index in [0.717, 1.165) is 5.69 Å². The van der Waals surface area contributed by atoms with Gasteiger partial charge in [0.1, 0.15) is 6.10 Å². The maximum Gasteiger partial charge on any atom is 0.419 e. The van der Waals surface area contributed by atoms with Crippen LogP contribution in [0.15, 0.2) is 91.0 Å². The first kappa shape index (κ1) is 17.8. The van der Waals surface area contributed by atoms with Crippen molar-refractivity contribution in [2.45, 2.75) is 12.5 Å². The minimum Gasteiger partial charge on any atom is -0.445 e. The van der Waals surface area contributed by atoms with Crippen LogP contribution in [0.4, 0.5) is 21.9 Å². The van der Waals surface area contributed by atoms with Crippen molar-refractivity contribution in [3.8, 4) is 0 Å². The number of anilines is 3. The minimum absolute atomic E-state index is 0.130. The lowest BCUT2D eigenvalue weighted by Gasteiger charge is -2.22. The van der Waals surface area contributed by atoms with E-state index in [2.05, 4.69) is 5.32 Å². The number of carbonyl (C=O) groups is 2. The largest absolute Gasteiger partial charge is 0.445 e. The molecule has 28 heavy (non-hydrogen) atoms. The Hall–Kier alpha value is -3.60. The second-order valence-corrected chi connectivity index (χ2v) is 6.63. The number of amides is 2. The van der Waals surface area contributed by atoms with Gasteiger partial charge in [-0.1, -0.05) is 54.6 Å². The van der Waals surface area contributed by atoms with E-state index in [-0.39, 0.29) is 11.8 Å². The molecule has 1 N–H and O–H groups in total. The van der Waals surface area contributed by atoms with Crippen LogP contribution in [0.1, 0.15) is 6.42 Å². The Kier molecular flexibility index (Phi) is 5.06. The standard InChI is InChI=1S/C23H20N2O3/c26-22(24-17-10-4-1-5-11-17)20-16-21(20)28-23(27)25(18-12-6-2-7-13-18)19-14-8-3-9-15-19/h1-15,20-21H,16H2,(H,24,26). The third kappa shape index (κ3) is 4.04. The highest BCUT2D eigenvalue weighted by molar-refractivity contribution is 5.98. The highest BCUT2D eigenvalue weighted by atomic mass is 16.6. The van der Waals surface area contributed by atoms with Crippen LogP contribution in [-0.4, -0.2) is 18.1 Å². The molecule has 3 aromatic rings. The lowest BCUT2D eigenvalue weighted by atomic mass is 10.2. The van der Waals surface area contributed by atoms with Crippen LogP contribution in [0, 0.1) is 5.92 Å². The Balaban J connectivity index is 1.44. The fourth-order valence-corrected chi connectivity index (χ4v) is 3.03. The molecule has 1 fully saturated rings. The molecule has 3 aromatic carbocycles. The van der Waals surface area contributed by atoms with E-state index in [1.54, 1.807) is 0 Å². The summed E-state index contributed by atoms with van der Waals surface area (Å²) < 4.78 is 5.63. The van der Waals surface area contributed by atoms with Crippen molar-refractivity contribution >= 4 is 29.1 Å². The molecule has 2 atom stereocenters. The molecular weight excluding hydrogens is 352 g/mol. The van der Waals surface area contributed by atoms with Crippen molar-refractivity contribution in [3.63, 3.8) is 0 Å². The highest BCUT2D eigenvalue weighted by Crippen LogP contribution is 2.37. The summed E-state index contributed by atoms with van der Waals surface area (Å²) in [5.74, 6) is -0.451. The van der Waals surface area contributed by atoms with Crippen LogP contribution < -0.4 is 10.2 Å². The average Bonchev–Trinajstić information content (AvgIpc) is 3.50. The van der Waals surface area contributed by atoms with Gasteiger partial charge in [-0.25, -0.2) is 9.69 Å². The number of carbonyl (C=O) groups excluding carboxylic acids is 2. The molecule has 2 unspecified atom stereocenters. The molecule has 5 nitrogen and oxygen atoms in total. The number of nitrogens with one attached hydrogen (secondary N) is 1. The zero-order valence-corrected chi connectivity index (χ0v) is 15.2. The Morgan fingerprint density at radius 2 is 1.29 bits per heavy atom. The van der Waals surface area contributed by atoms with Gasteiger partial charge in [-0.3, -0.25) is 4.79 Å². The summed E-state index contributed by atoms with van der Waals surface area (Å²) in [7, 11) is 0. The molecule has 0 radical (unpaired) electrons. The zero-order valence-electron chi connectivity index (χ0n) is 15.2. The molecule has 0 saturated heterocycles. The van der Waals surface area contributed by atoms with Crippen LogP contribution in [-0.2, 0) is 9.53 Å². The van der Waals surface area contributed by atoms with Gasteiger partial charge in [-0.15, -0.1) is 0 Å². The molecule has 0 bridgehead atoms. The third-order valence-electron chi connectivity index (χ3n) is 4.57. The summed E-state index contributed by atoms with van der Waals surface area (Å²) >= 11 is 0. The quantitative estimate of drug-likeness (QED) is 0.686. The topological polar surface area (TPSA) is 58.6 Å². The van der Waals surface area contributed by atoms with Gasteiger partial charge in [0.25, 0.3) is 0 Å². The van der Waals surface area contributed by atoms with E-state index >= 15 is 0 Å². The predicted molar refractivity (Wildman–Crippen MR) is 108 cm³/mol. The summed E-state index contributed by atoms with van der Waals surface area (Å²) in [6.45, 7) is 0. The number of rotatable bonds is 5. The van der Waals surface area contributed by atoms with E-state index in [1.807, 2.05) is 91.0 Å². The first-order valence-electron chi connectivity index (χ1n) is 9.19. The van der Waals surface area contributed by atoms with E-state index in [9.17, 15) is 9.59 Å². The molecule has 0 aromatic heterocycles. The highest BCUT2D eigenvalue weighted by Gasteiger charge is 2.47. The van der Waals surface area contributed by atoms with E-state index in [4.69, 9.17) is 4.74 Å². The number of ether oxygens (including phenoxy) is 1. The third-order valence-corrected chi connectivity index (χ3v) is 4.57.